The summed E-state index contributed by atoms with van der Waals surface area (Å²) in [7, 11) is -3.85. The highest BCUT2D eigenvalue weighted by atomic mass is 32.2. The molecule has 1 amide bonds. The zero-order chi connectivity index (χ0) is 22.0. The van der Waals surface area contributed by atoms with Gasteiger partial charge in [-0.1, -0.05) is 25.1 Å². The van der Waals surface area contributed by atoms with Gasteiger partial charge in [0.05, 0.1) is 9.79 Å². The summed E-state index contributed by atoms with van der Waals surface area (Å²) >= 11 is 0. The van der Waals surface area contributed by atoms with Crippen LogP contribution in [0.3, 0.4) is 0 Å². The molecule has 0 bridgehead atoms. The third-order valence-corrected chi connectivity index (χ3v) is 6.90. The largest absolute Gasteiger partial charge is 0.350 e. The van der Waals surface area contributed by atoms with Gasteiger partial charge in [-0.15, -0.1) is 0 Å². The topological polar surface area (TPSA) is 91.9 Å². The second-order valence-corrected chi connectivity index (χ2v) is 9.00. The summed E-state index contributed by atoms with van der Waals surface area (Å²) in [4.78, 5) is 19.5. The molecule has 0 saturated carbocycles. The Balaban J connectivity index is 1.49. The second kappa shape index (κ2) is 8.31. The van der Waals surface area contributed by atoms with Crippen molar-refractivity contribution in [2.75, 3.05) is 0 Å². The molecule has 0 fully saturated rings. The molecule has 6 nitrogen and oxygen atoms in total. The number of pyridine rings is 1. The molecule has 0 radical (unpaired) electrons. The minimum atomic E-state index is -3.85. The Labute approximate surface area is 179 Å². The van der Waals surface area contributed by atoms with Crippen molar-refractivity contribution < 1.29 is 17.6 Å². The van der Waals surface area contributed by atoms with Crippen LogP contribution >= 0.6 is 0 Å². The lowest BCUT2D eigenvalue weighted by molar-refractivity contribution is 0.0946. The molecule has 0 aliphatic rings. The van der Waals surface area contributed by atoms with Crippen LogP contribution in [0.1, 0.15) is 28.5 Å². The molecule has 8 heteroatoms. The lowest BCUT2D eigenvalue weighted by Crippen LogP contribution is -2.23. The zero-order valence-corrected chi connectivity index (χ0v) is 17.5. The lowest BCUT2D eigenvalue weighted by atomic mass is 10.2. The van der Waals surface area contributed by atoms with E-state index in [4.69, 9.17) is 0 Å². The summed E-state index contributed by atoms with van der Waals surface area (Å²) in [5.41, 5.74) is 2.53. The fourth-order valence-electron chi connectivity index (χ4n) is 3.36. The molecule has 0 aliphatic carbocycles. The van der Waals surface area contributed by atoms with Gasteiger partial charge >= 0.3 is 0 Å². The summed E-state index contributed by atoms with van der Waals surface area (Å²) in [5, 5.41) is 3.64. The molecule has 2 aromatic heterocycles. The molecule has 158 valence electrons. The van der Waals surface area contributed by atoms with Gasteiger partial charge in [0.15, 0.2) is 0 Å². The maximum absolute atomic E-state index is 13.7. The summed E-state index contributed by atoms with van der Waals surface area (Å²) < 4.78 is 39.6. The number of hydrogen-bond donors (Lipinski definition) is 2. The highest BCUT2D eigenvalue weighted by Crippen LogP contribution is 2.26. The van der Waals surface area contributed by atoms with E-state index >= 15 is 0 Å². The third-order valence-electron chi connectivity index (χ3n) is 5.05. The molecular formula is C23H20FN3O3S. The van der Waals surface area contributed by atoms with E-state index < -0.39 is 15.7 Å². The number of carbonyl (C=O) groups excluding carboxylic acids is 1. The van der Waals surface area contributed by atoms with Crippen molar-refractivity contribution in [1.82, 2.24) is 15.3 Å². The SMILES string of the molecule is CCc1ccc(F)cc1S(=O)(=O)c1ccc(CNC(=O)c2cc3cnccc3[nH]2)cc1. The van der Waals surface area contributed by atoms with Crippen molar-refractivity contribution in [1.29, 1.82) is 0 Å². The molecule has 31 heavy (non-hydrogen) atoms. The second-order valence-electron chi connectivity index (χ2n) is 7.08. The summed E-state index contributed by atoms with van der Waals surface area (Å²) in [6, 6.07) is 13.5. The molecule has 0 spiro atoms. The maximum Gasteiger partial charge on any atom is 0.267 e. The Bertz CT molecular complexity index is 1330. The average molecular weight is 437 g/mol. The smallest absolute Gasteiger partial charge is 0.267 e. The standard InChI is InChI=1S/C23H20FN3O3S/c1-2-16-5-6-18(24)12-22(16)31(29,30)19-7-3-15(4-8-19)13-26-23(28)21-11-17-14-25-10-9-20(17)27-21/h3-12,14,27H,2,13H2,1H3,(H,26,28). The number of rotatable bonds is 6. The first-order chi connectivity index (χ1) is 14.9. The number of halogens is 1. The summed E-state index contributed by atoms with van der Waals surface area (Å²) in [5.74, 6) is -0.872. The van der Waals surface area contributed by atoms with Crippen LogP contribution in [-0.4, -0.2) is 24.3 Å². The number of nitrogens with zero attached hydrogens (tertiary/aromatic N) is 1. The van der Waals surface area contributed by atoms with Gasteiger partial charge in [-0.05, 0) is 53.9 Å². The summed E-state index contributed by atoms with van der Waals surface area (Å²) in [6.07, 6.45) is 3.79. The van der Waals surface area contributed by atoms with Crippen molar-refractivity contribution in [2.45, 2.75) is 29.7 Å². The lowest BCUT2D eigenvalue weighted by Gasteiger charge is -2.10. The predicted molar refractivity (Wildman–Crippen MR) is 115 cm³/mol. The molecule has 4 aromatic rings. The van der Waals surface area contributed by atoms with Gasteiger partial charge in [0.25, 0.3) is 5.91 Å². The Morgan fingerprint density at radius 1 is 1.10 bits per heavy atom. The van der Waals surface area contributed by atoms with Crippen molar-refractivity contribution in [3.05, 3.63) is 89.6 Å². The van der Waals surface area contributed by atoms with Gasteiger partial charge < -0.3 is 10.3 Å². The summed E-state index contributed by atoms with van der Waals surface area (Å²) in [6.45, 7) is 2.05. The van der Waals surface area contributed by atoms with Gasteiger partial charge in [-0.3, -0.25) is 9.78 Å². The Hall–Kier alpha value is -3.52. The number of aryl methyl sites for hydroxylation is 1. The van der Waals surface area contributed by atoms with Crippen LogP contribution in [-0.2, 0) is 22.8 Å². The first kappa shape index (κ1) is 20.7. The van der Waals surface area contributed by atoms with E-state index in [0.717, 1.165) is 22.5 Å². The van der Waals surface area contributed by atoms with Crippen molar-refractivity contribution >= 4 is 26.6 Å². The molecule has 4 rings (SSSR count). The van der Waals surface area contributed by atoms with Crippen LogP contribution in [0.25, 0.3) is 10.9 Å². The van der Waals surface area contributed by atoms with E-state index in [1.165, 1.54) is 24.3 Å². The molecule has 2 N–H and O–H groups in total. The van der Waals surface area contributed by atoms with E-state index in [0.29, 0.717) is 17.7 Å². The van der Waals surface area contributed by atoms with Crippen molar-refractivity contribution in [2.24, 2.45) is 0 Å². The van der Waals surface area contributed by atoms with Crippen LogP contribution in [0.2, 0.25) is 0 Å². The van der Waals surface area contributed by atoms with Gasteiger partial charge in [0.2, 0.25) is 9.84 Å². The van der Waals surface area contributed by atoms with Crippen molar-refractivity contribution in [3.63, 3.8) is 0 Å². The predicted octanol–water partition coefficient (Wildman–Crippen LogP) is 4.03. The fraction of sp³-hybridized carbons (Fsp3) is 0.130. The number of aromatic nitrogens is 2. The Morgan fingerprint density at radius 3 is 2.58 bits per heavy atom. The Kier molecular flexibility index (Phi) is 5.56. The van der Waals surface area contributed by atoms with Crippen LogP contribution in [0, 0.1) is 5.82 Å². The third kappa shape index (κ3) is 4.20. The van der Waals surface area contributed by atoms with Crippen molar-refractivity contribution in [3.8, 4) is 0 Å². The van der Waals surface area contributed by atoms with Crippen LogP contribution in [0.5, 0.6) is 0 Å². The average Bonchev–Trinajstić information content (AvgIpc) is 3.22. The highest BCUT2D eigenvalue weighted by molar-refractivity contribution is 7.91. The number of aromatic amines is 1. The monoisotopic (exact) mass is 437 g/mol. The number of hydrogen-bond acceptors (Lipinski definition) is 4. The first-order valence-electron chi connectivity index (χ1n) is 9.72. The number of H-pyrrole nitrogens is 1. The van der Waals surface area contributed by atoms with Gasteiger partial charge in [-0.2, -0.15) is 0 Å². The van der Waals surface area contributed by atoms with E-state index in [-0.39, 0.29) is 22.2 Å². The number of nitrogens with one attached hydrogen (secondary N) is 2. The van der Waals surface area contributed by atoms with Gasteiger partial charge in [0, 0.05) is 29.8 Å². The highest BCUT2D eigenvalue weighted by Gasteiger charge is 2.21. The minimum Gasteiger partial charge on any atom is -0.350 e. The molecule has 2 aromatic carbocycles. The van der Waals surface area contributed by atoms with E-state index in [9.17, 15) is 17.6 Å². The number of benzene rings is 2. The van der Waals surface area contributed by atoms with Crippen LogP contribution in [0.15, 0.2) is 76.8 Å². The molecule has 0 saturated heterocycles. The minimum absolute atomic E-state index is 0.0237. The quantitative estimate of drug-likeness (QED) is 0.476. The zero-order valence-electron chi connectivity index (χ0n) is 16.7. The molecule has 0 aliphatic heterocycles. The van der Waals surface area contributed by atoms with E-state index in [1.807, 2.05) is 6.92 Å². The fourth-order valence-corrected chi connectivity index (χ4v) is 4.93. The molecule has 0 atom stereocenters. The van der Waals surface area contributed by atoms with Crippen LogP contribution < -0.4 is 5.32 Å². The van der Waals surface area contributed by atoms with E-state index in [1.54, 1.807) is 36.7 Å². The molecule has 0 unspecified atom stereocenters. The van der Waals surface area contributed by atoms with E-state index in [2.05, 4.69) is 15.3 Å². The molecule has 2 heterocycles. The first-order valence-corrected chi connectivity index (χ1v) is 11.2. The normalized spacial score (nSPS) is 11.5. The van der Waals surface area contributed by atoms with Gasteiger partial charge in [0.1, 0.15) is 11.5 Å². The number of amides is 1. The Morgan fingerprint density at radius 2 is 1.87 bits per heavy atom. The number of carbonyl (C=O) groups is 1. The molecular weight excluding hydrogens is 417 g/mol. The van der Waals surface area contributed by atoms with Gasteiger partial charge in [-0.25, -0.2) is 12.8 Å². The van der Waals surface area contributed by atoms with Crippen LogP contribution in [0.4, 0.5) is 4.39 Å². The number of sulfone groups is 1. The maximum atomic E-state index is 13.7. The number of fused-ring (bicyclic) bond motifs is 1.